The van der Waals surface area contributed by atoms with E-state index in [1.54, 1.807) is 0 Å². The maximum absolute atomic E-state index is 12.2. The molecule has 1 atom stereocenters. The molecule has 2 aromatic carbocycles. The molecular weight excluding hydrogens is 385 g/mol. The molecule has 148 valence electrons. The van der Waals surface area contributed by atoms with Crippen molar-refractivity contribution in [3.05, 3.63) is 65.7 Å². The highest BCUT2D eigenvalue weighted by Gasteiger charge is 2.13. The van der Waals surface area contributed by atoms with E-state index in [4.69, 9.17) is 10.5 Å². The van der Waals surface area contributed by atoms with Gasteiger partial charge in [-0.1, -0.05) is 42.5 Å². The number of benzene rings is 2. The number of hydrogen-bond donors (Lipinski definition) is 2. The highest BCUT2D eigenvalue weighted by atomic mass is 35.5. The second-order valence-corrected chi connectivity index (χ2v) is 6.35. The molecule has 0 aromatic heterocycles. The van der Waals surface area contributed by atoms with Gasteiger partial charge in [0.25, 0.3) is 0 Å². The predicted molar refractivity (Wildman–Crippen MR) is 114 cm³/mol. The zero-order valence-electron chi connectivity index (χ0n) is 15.2. The van der Waals surface area contributed by atoms with Crippen molar-refractivity contribution in [2.45, 2.75) is 19.0 Å². The van der Waals surface area contributed by atoms with Gasteiger partial charge >= 0.3 is 0 Å². The fraction of sp³-hybridized carbons (Fsp3) is 0.350. The van der Waals surface area contributed by atoms with Crippen molar-refractivity contribution in [3.63, 3.8) is 0 Å². The molecule has 1 aliphatic rings. The lowest BCUT2D eigenvalue weighted by molar-refractivity contribution is -0.116. The number of carbonyl (C=O) groups excluding carboxylic acids is 1. The first-order chi connectivity index (χ1) is 12.2. The summed E-state index contributed by atoms with van der Waals surface area (Å²) >= 11 is 0. The van der Waals surface area contributed by atoms with Crippen LogP contribution < -0.4 is 11.1 Å². The number of hydrogen-bond acceptors (Lipinski definition) is 4. The number of nitrogens with two attached hydrogens (primary N) is 1. The third kappa shape index (κ3) is 7.48. The minimum Gasteiger partial charge on any atom is -0.379 e. The van der Waals surface area contributed by atoms with Gasteiger partial charge in [0, 0.05) is 37.8 Å². The zero-order valence-corrected chi connectivity index (χ0v) is 16.8. The molecule has 3 N–H and O–H groups in total. The van der Waals surface area contributed by atoms with E-state index >= 15 is 0 Å². The summed E-state index contributed by atoms with van der Waals surface area (Å²) in [5.41, 5.74) is 9.11. The Hall–Kier alpha value is -1.63. The van der Waals surface area contributed by atoms with Crippen molar-refractivity contribution in [1.29, 1.82) is 0 Å². The molecule has 0 spiro atoms. The van der Waals surface area contributed by atoms with Crippen molar-refractivity contribution in [2.24, 2.45) is 5.73 Å². The second kappa shape index (κ2) is 12.0. The highest BCUT2D eigenvalue weighted by Crippen LogP contribution is 2.16. The summed E-state index contributed by atoms with van der Waals surface area (Å²) in [6, 6.07) is 17.4. The molecule has 27 heavy (non-hydrogen) atoms. The number of nitrogens with zero attached hydrogens (tertiary/aromatic N) is 1. The van der Waals surface area contributed by atoms with Crippen LogP contribution in [0, 0.1) is 0 Å². The standard InChI is InChI=1S/C20H25N3O2.2ClH/c21-19(17-4-2-1-3-5-17)14-20(24)22-18-8-6-16(7-9-18)15-23-10-12-25-13-11-23;;/h1-9,19H,10-15,21H2,(H,22,24);2*1H. The minimum absolute atomic E-state index is 0. The molecule has 1 unspecified atom stereocenters. The molecule has 0 bridgehead atoms. The summed E-state index contributed by atoms with van der Waals surface area (Å²) in [5.74, 6) is -0.0720. The average Bonchev–Trinajstić information content (AvgIpc) is 2.65. The number of carbonyl (C=O) groups is 1. The Morgan fingerprint density at radius 3 is 2.30 bits per heavy atom. The van der Waals surface area contributed by atoms with E-state index < -0.39 is 0 Å². The summed E-state index contributed by atoms with van der Waals surface area (Å²) in [6.07, 6.45) is 0.263. The van der Waals surface area contributed by atoms with E-state index in [9.17, 15) is 4.79 Å². The lowest BCUT2D eigenvalue weighted by Gasteiger charge is -2.26. The van der Waals surface area contributed by atoms with Gasteiger partial charge in [0.2, 0.25) is 5.91 Å². The number of rotatable bonds is 6. The molecule has 5 nitrogen and oxygen atoms in total. The van der Waals surface area contributed by atoms with Gasteiger partial charge in [-0.25, -0.2) is 0 Å². The molecule has 1 saturated heterocycles. The molecule has 2 aromatic rings. The first-order valence-corrected chi connectivity index (χ1v) is 8.70. The van der Waals surface area contributed by atoms with Crippen LogP contribution in [0.25, 0.3) is 0 Å². The summed E-state index contributed by atoms with van der Waals surface area (Å²) in [5, 5.41) is 2.92. The van der Waals surface area contributed by atoms with Gasteiger partial charge in [-0.05, 0) is 23.3 Å². The fourth-order valence-corrected chi connectivity index (χ4v) is 2.94. The predicted octanol–water partition coefficient (Wildman–Crippen LogP) is 3.39. The van der Waals surface area contributed by atoms with Gasteiger partial charge in [0.05, 0.1) is 13.2 Å². The number of anilines is 1. The average molecular weight is 412 g/mol. The van der Waals surface area contributed by atoms with Crippen molar-refractivity contribution < 1.29 is 9.53 Å². The third-order valence-electron chi connectivity index (χ3n) is 4.38. The van der Waals surface area contributed by atoms with Crippen molar-refractivity contribution in [3.8, 4) is 0 Å². The summed E-state index contributed by atoms with van der Waals surface area (Å²) < 4.78 is 5.36. The zero-order chi connectivity index (χ0) is 17.5. The minimum atomic E-state index is -0.290. The highest BCUT2D eigenvalue weighted by molar-refractivity contribution is 5.91. The Kier molecular flexibility index (Phi) is 10.4. The SMILES string of the molecule is Cl.Cl.NC(CC(=O)Nc1ccc(CN2CCOCC2)cc1)c1ccccc1. The van der Waals surface area contributed by atoms with E-state index in [1.165, 1.54) is 5.56 Å². The van der Waals surface area contributed by atoms with Gasteiger partial charge in [-0.3, -0.25) is 9.69 Å². The van der Waals surface area contributed by atoms with Crippen molar-refractivity contribution in [2.75, 3.05) is 31.6 Å². The maximum atomic E-state index is 12.2. The normalized spacial score (nSPS) is 15.1. The van der Waals surface area contributed by atoms with Crippen LogP contribution in [0.15, 0.2) is 54.6 Å². The smallest absolute Gasteiger partial charge is 0.226 e. The topological polar surface area (TPSA) is 67.6 Å². The monoisotopic (exact) mass is 411 g/mol. The van der Waals surface area contributed by atoms with E-state index in [0.717, 1.165) is 44.1 Å². The molecule has 1 aliphatic heterocycles. The Morgan fingerprint density at radius 2 is 1.67 bits per heavy atom. The molecule has 1 fully saturated rings. The number of halogens is 2. The van der Waals surface area contributed by atoms with Crippen molar-refractivity contribution in [1.82, 2.24) is 4.90 Å². The molecule has 7 heteroatoms. The van der Waals surface area contributed by atoms with Crippen LogP contribution >= 0.6 is 24.8 Å². The van der Waals surface area contributed by atoms with Crippen LogP contribution in [0.4, 0.5) is 5.69 Å². The van der Waals surface area contributed by atoms with E-state index in [-0.39, 0.29) is 43.2 Å². The number of ether oxygens (including phenoxy) is 1. The summed E-state index contributed by atoms with van der Waals surface area (Å²) in [6.45, 7) is 4.45. The molecular formula is C20H27Cl2N3O2. The maximum Gasteiger partial charge on any atom is 0.226 e. The summed E-state index contributed by atoms with van der Waals surface area (Å²) in [7, 11) is 0. The van der Waals surface area contributed by atoms with Crippen molar-refractivity contribution >= 4 is 36.4 Å². The Labute approximate surface area is 173 Å². The van der Waals surface area contributed by atoms with Gasteiger partial charge in [-0.15, -0.1) is 24.8 Å². The lowest BCUT2D eigenvalue weighted by atomic mass is 10.0. The van der Waals surface area contributed by atoms with Gasteiger partial charge < -0.3 is 15.8 Å². The molecule has 0 aliphatic carbocycles. The second-order valence-electron chi connectivity index (χ2n) is 6.35. The number of nitrogens with one attached hydrogen (secondary N) is 1. The third-order valence-corrected chi connectivity index (χ3v) is 4.38. The van der Waals surface area contributed by atoms with Crippen LogP contribution in [0.3, 0.4) is 0 Å². The van der Waals surface area contributed by atoms with E-state index in [1.807, 2.05) is 42.5 Å². The van der Waals surface area contributed by atoms with E-state index in [2.05, 4.69) is 22.3 Å². The quantitative estimate of drug-likeness (QED) is 0.764. The molecule has 3 rings (SSSR count). The van der Waals surface area contributed by atoms with Crippen LogP contribution in [-0.4, -0.2) is 37.1 Å². The Bertz CT molecular complexity index is 677. The Morgan fingerprint density at radius 1 is 1.04 bits per heavy atom. The first-order valence-electron chi connectivity index (χ1n) is 8.70. The van der Waals surface area contributed by atoms with E-state index in [0.29, 0.717) is 0 Å². The van der Waals surface area contributed by atoms with Crippen LogP contribution in [-0.2, 0) is 16.1 Å². The lowest BCUT2D eigenvalue weighted by Crippen LogP contribution is -2.35. The van der Waals surface area contributed by atoms with Gasteiger partial charge in [0.15, 0.2) is 0 Å². The Balaban J connectivity index is 0.00000182. The van der Waals surface area contributed by atoms with Gasteiger partial charge in [0.1, 0.15) is 0 Å². The first kappa shape index (κ1) is 23.4. The molecule has 1 heterocycles. The molecule has 0 saturated carbocycles. The largest absolute Gasteiger partial charge is 0.379 e. The van der Waals surface area contributed by atoms with Crippen LogP contribution in [0.2, 0.25) is 0 Å². The summed E-state index contributed by atoms with van der Waals surface area (Å²) in [4.78, 5) is 14.6. The molecule has 0 radical (unpaired) electrons. The fourth-order valence-electron chi connectivity index (χ4n) is 2.94. The van der Waals surface area contributed by atoms with Crippen LogP contribution in [0.1, 0.15) is 23.6 Å². The van der Waals surface area contributed by atoms with Gasteiger partial charge in [-0.2, -0.15) is 0 Å². The molecule has 1 amide bonds. The van der Waals surface area contributed by atoms with Crippen LogP contribution in [0.5, 0.6) is 0 Å². The number of morpholine rings is 1. The number of amides is 1.